The first-order valence-corrected chi connectivity index (χ1v) is 7.54. The first-order chi connectivity index (χ1) is 8.88. The highest BCUT2D eigenvalue weighted by atomic mass is 32.2. The smallest absolute Gasteiger partial charge is 0.213 e. The minimum Gasteiger partial charge on any atom is -0.369 e. The summed E-state index contributed by atoms with van der Waals surface area (Å²) in [5, 5.41) is 2.94. The van der Waals surface area contributed by atoms with Gasteiger partial charge < -0.3 is 10.7 Å². The molecule has 108 valence electrons. The Morgan fingerprint density at radius 3 is 2.47 bits per heavy atom. The number of nitrogen functional groups attached to an aromatic ring is 1. The maximum atomic E-state index is 11.3. The molecule has 8 nitrogen and oxygen atoms in total. The molecule has 0 aliphatic heterocycles. The fourth-order valence-corrected chi connectivity index (χ4v) is 1.88. The minimum atomic E-state index is -3.23. The van der Waals surface area contributed by atoms with Crippen molar-refractivity contribution in [3.8, 4) is 0 Å². The first-order valence-electron chi connectivity index (χ1n) is 5.88. The molecule has 0 aliphatic rings. The lowest BCUT2D eigenvalue weighted by molar-refractivity contribution is 0.588. The number of aromatic nitrogens is 2. The van der Waals surface area contributed by atoms with Crippen LogP contribution in [0.1, 0.15) is 25.6 Å². The molecule has 0 aliphatic carbocycles. The van der Waals surface area contributed by atoms with E-state index < -0.39 is 10.0 Å². The van der Waals surface area contributed by atoms with Crippen molar-refractivity contribution in [1.82, 2.24) is 14.7 Å². The van der Waals surface area contributed by atoms with E-state index in [0.29, 0.717) is 17.5 Å². The molecule has 19 heavy (non-hydrogen) atoms. The highest BCUT2D eigenvalue weighted by Gasteiger charge is 2.09. The van der Waals surface area contributed by atoms with E-state index in [0.717, 1.165) is 0 Å². The summed E-state index contributed by atoms with van der Waals surface area (Å²) in [7, 11) is -1.85. The van der Waals surface area contributed by atoms with Gasteiger partial charge in [-0.05, 0) is 7.05 Å². The lowest BCUT2D eigenvalue weighted by atomic mass is 10.2. The monoisotopic (exact) mass is 288 g/mol. The number of hydrogen-bond acceptors (Lipinski definition) is 7. The van der Waals surface area contributed by atoms with Gasteiger partial charge in [0.25, 0.3) is 0 Å². The number of nitrogens with one attached hydrogen (secondary N) is 3. The number of hydrogen-bond donors (Lipinski definition) is 4. The van der Waals surface area contributed by atoms with Crippen molar-refractivity contribution in [3.05, 3.63) is 11.9 Å². The van der Waals surface area contributed by atoms with Crippen molar-refractivity contribution in [1.29, 1.82) is 0 Å². The fourth-order valence-electron chi connectivity index (χ4n) is 1.30. The van der Waals surface area contributed by atoms with Crippen LogP contribution in [-0.2, 0) is 10.0 Å². The van der Waals surface area contributed by atoms with Crippen molar-refractivity contribution < 1.29 is 8.42 Å². The van der Waals surface area contributed by atoms with Gasteiger partial charge in [0.2, 0.25) is 10.0 Å². The van der Waals surface area contributed by atoms with E-state index >= 15 is 0 Å². The van der Waals surface area contributed by atoms with Gasteiger partial charge in [0.15, 0.2) is 0 Å². The molecule has 0 atom stereocenters. The molecule has 0 unspecified atom stereocenters. The Balaban J connectivity index is 2.75. The van der Waals surface area contributed by atoms with E-state index in [-0.39, 0.29) is 18.2 Å². The normalized spacial score (nSPS) is 11.6. The minimum absolute atomic E-state index is 0.0318. The van der Waals surface area contributed by atoms with E-state index in [4.69, 9.17) is 5.84 Å². The molecule has 0 saturated heterocycles. The van der Waals surface area contributed by atoms with Gasteiger partial charge in [-0.2, -0.15) is 0 Å². The molecule has 1 aromatic rings. The Kier molecular flexibility index (Phi) is 5.45. The topological polar surface area (TPSA) is 122 Å². The Morgan fingerprint density at radius 1 is 1.32 bits per heavy atom. The molecule has 0 fully saturated rings. The van der Waals surface area contributed by atoms with Crippen LogP contribution in [0.5, 0.6) is 0 Å². The lowest BCUT2D eigenvalue weighted by Crippen LogP contribution is -2.26. The molecule has 0 spiro atoms. The van der Waals surface area contributed by atoms with Gasteiger partial charge in [-0.25, -0.2) is 29.0 Å². The maximum absolute atomic E-state index is 11.3. The molecular formula is C10H20N6O2S. The number of hydrazine groups is 1. The van der Waals surface area contributed by atoms with Gasteiger partial charge in [0, 0.05) is 18.5 Å². The van der Waals surface area contributed by atoms with E-state index in [9.17, 15) is 8.42 Å². The average Bonchev–Trinajstić information content (AvgIpc) is 2.38. The van der Waals surface area contributed by atoms with Crippen LogP contribution in [0.2, 0.25) is 0 Å². The molecule has 9 heteroatoms. The standard InChI is InChI=1S/C10H20N6O2S/c1-7(2)10-14-8(6-9(15-10)16-11)13-4-5-19(17,18)12-3/h6-7,12H,4-5,11H2,1-3H3,(H2,13,14,15,16). The van der Waals surface area contributed by atoms with Crippen LogP contribution in [0.4, 0.5) is 11.6 Å². The summed E-state index contributed by atoms with van der Waals surface area (Å²) in [4.78, 5) is 8.50. The summed E-state index contributed by atoms with van der Waals surface area (Å²) in [5.74, 6) is 7.11. The van der Waals surface area contributed by atoms with Gasteiger partial charge >= 0.3 is 0 Å². The number of nitrogens with two attached hydrogens (primary N) is 1. The Labute approximate surface area is 113 Å². The van der Waals surface area contributed by atoms with Gasteiger partial charge in [-0.3, -0.25) is 0 Å². The van der Waals surface area contributed by atoms with Gasteiger partial charge in [0.05, 0.1) is 5.75 Å². The fraction of sp³-hybridized carbons (Fsp3) is 0.600. The maximum Gasteiger partial charge on any atom is 0.213 e. The van der Waals surface area contributed by atoms with Crippen LogP contribution in [0.3, 0.4) is 0 Å². The molecule has 1 aromatic heterocycles. The number of nitrogens with zero attached hydrogens (tertiary/aromatic N) is 2. The molecule has 1 heterocycles. The number of anilines is 2. The van der Waals surface area contributed by atoms with Crippen LogP contribution in [-0.4, -0.2) is 37.7 Å². The van der Waals surface area contributed by atoms with Crippen molar-refractivity contribution >= 4 is 21.7 Å². The molecule has 0 saturated carbocycles. The SMILES string of the molecule is CNS(=O)(=O)CCNc1cc(NN)nc(C(C)C)n1. The Morgan fingerprint density at radius 2 is 1.95 bits per heavy atom. The summed E-state index contributed by atoms with van der Waals surface area (Å²) in [6.45, 7) is 4.18. The third-order valence-electron chi connectivity index (χ3n) is 2.40. The van der Waals surface area contributed by atoms with Crippen molar-refractivity contribution in [2.45, 2.75) is 19.8 Å². The zero-order chi connectivity index (χ0) is 14.5. The second kappa shape index (κ2) is 6.64. The molecule has 0 radical (unpaired) electrons. The van der Waals surface area contributed by atoms with E-state index in [1.807, 2.05) is 13.8 Å². The lowest BCUT2D eigenvalue weighted by Gasteiger charge is -2.11. The summed E-state index contributed by atoms with van der Waals surface area (Å²) in [6, 6.07) is 1.62. The van der Waals surface area contributed by atoms with E-state index in [1.165, 1.54) is 7.05 Å². The summed E-state index contributed by atoms with van der Waals surface area (Å²) in [6.07, 6.45) is 0. The predicted molar refractivity (Wildman–Crippen MR) is 75.3 cm³/mol. The third-order valence-corrected chi connectivity index (χ3v) is 3.76. The zero-order valence-corrected chi connectivity index (χ0v) is 12.1. The van der Waals surface area contributed by atoms with Crippen LogP contribution < -0.4 is 21.3 Å². The highest BCUT2D eigenvalue weighted by Crippen LogP contribution is 2.16. The van der Waals surface area contributed by atoms with E-state index in [1.54, 1.807) is 6.07 Å². The quantitative estimate of drug-likeness (QED) is 0.406. The Bertz CT molecular complexity index is 517. The van der Waals surface area contributed by atoms with Crippen molar-refractivity contribution in [2.75, 3.05) is 30.1 Å². The average molecular weight is 288 g/mol. The second-order valence-electron chi connectivity index (χ2n) is 4.25. The third kappa shape index (κ3) is 4.97. The van der Waals surface area contributed by atoms with Crippen LogP contribution in [0, 0.1) is 0 Å². The summed E-state index contributed by atoms with van der Waals surface area (Å²) >= 11 is 0. The van der Waals surface area contributed by atoms with Gasteiger partial charge in [-0.1, -0.05) is 13.8 Å². The first kappa shape index (κ1) is 15.6. The van der Waals surface area contributed by atoms with Crippen molar-refractivity contribution in [2.24, 2.45) is 5.84 Å². The van der Waals surface area contributed by atoms with E-state index in [2.05, 4.69) is 25.4 Å². The number of sulfonamides is 1. The largest absolute Gasteiger partial charge is 0.369 e. The van der Waals surface area contributed by atoms with Gasteiger partial charge in [0.1, 0.15) is 17.5 Å². The summed E-state index contributed by atoms with van der Waals surface area (Å²) < 4.78 is 24.8. The Hall–Kier alpha value is -1.45. The molecule has 0 amide bonds. The van der Waals surface area contributed by atoms with Crippen molar-refractivity contribution in [3.63, 3.8) is 0 Å². The molecular weight excluding hydrogens is 268 g/mol. The highest BCUT2D eigenvalue weighted by molar-refractivity contribution is 7.89. The molecule has 5 N–H and O–H groups in total. The van der Waals surface area contributed by atoms with Gasteiger partial charge in [-0.15, -0.1) is 0 Å². The van der Waals surface area contributed by atoms with Crippen LogP contribution >= 0.6 is 0 Å². The number of rotatable bonds is 7. The summed E-state index contributed by atoms with van der Waals surface area (Å²) in [5.41, 5.74) is 2.46. The second-order valence-corrected chi connectivity index (χ2v) is 6.29. The zero-order valence-electron chi connectivity index (χ0n) is 11.3. The molecule has 0 bridgehead atoms. The molecule has 0 aromatic carbocycles. The van der Waals surface area contributed by atoms with Crippen LogP contribution in [0.15, 0.2) is 6.07 Å². The molecule has 1 rings (SSSR count). The van der Waals surface area contributed by atoms with Crippen LogP contribution in [0.25, 0.3) is 0 Å². The predicted octanol–water partition coefficient (Wildman–Crippen LogP) is -0.153.